The molecule has 1 aliphatic rings. The quantitative estimate of drug-likeness (QED) is 0.741. The Labute approximate surface area is 172 Å². The molecule has 3 rings (SSSR count). The van der Waals surface area contributed by atoms with Gasteiger partial charge < -0.3 is 4.90 Å². The van der Waals surface area contributed by atoms with Crippen molar-refractivity contribution in [1.82, 2.24) is 9.21 Å². The van der Waals surface area contributed by atoms with Gasteiger partial charge in [-0.25, -0.2) is 12.8 Å². The van der Waals surface area contributed by atoms with Crippen LogP contribution in [-0.2, 0) is 10.0 Å². The van der Waals surface area contributed by atoms with E-state index in [4.69, 9.17) is 0 Å². The van der Waals surface area contributed by atoms with E-state index in [0.29, 0.717) is 25.4 Å². The highest BCUT2D eigenvalue weighted by molar-refractivity contribution is 7.89. The molecule has 7 heteroatoms. The van der Waals surface area contributed by atoms with Crippen LogP contribution in [0.3, 0.4) is 0 Å². The zero-order valence-electron chi connectivity index (χ0n) is 16.8. The highest BCUT2D eigenvalue weighted by Crippen LogP contribution is 2.23. The third-order valence-electron chi connectivity index (χ3n) is 5.55. The number of halogens is 1. The van der Waals surface area contributed by atoms with Crippen LogP contribution in [0.5, 0.6) is 0 Å². The molecular weight excluding hydrogens is 391 g/mol. The first-order valence-electron chi connectivity index (χ1n) is 9.98. The molecule has 1 heterocycles. The first kappa shape index (κ1) is 21.5. The minimum Gasteiger partial charge on any atom is -0.337 e. The van der Waals surface area contributed by atoms with Crippen LogP contribution in [0.15, 0.2) is 53.4 Å². The van der Waals surface area contributed by atoms with Crippen LogP contribution in [0.1, 0.15) is 48.5 Å². The highest BCUT2D eigenvalue weighted by atomic mass is 32.2. The minimum absolute atomic E-state index is 0.0180. The van der Waals surface area contributed by atoms with Crippen molar-refractivity contribution < 1.29 is 17.6 Å². The molecule has 2 aromatic rings. The summed E-state index contributed by atoms with van der Waals surface area (Å²) in [5, 5.41) is 0. The summed E-state index contributed by atoms with van der Waals surface area (Å²) in [6.07, 6.45) is 1.49. The maximum absolute atomic E-state index is 13.9. The van der Waals surface area contributed by atoms with Crippen LogP contribution in [0, 0.1) is 5.82 Å². The fraction of sp³-hybridized carbons (Fsp3) is 0.409. The largest absolute Gasteiger partial charge is 0.337 e. The van der Waals surface area contributed by atoms with Crippen molar-refractivity contribution in [2.45, 2.75) is 37.5 Å². The van der Waals surface area contributed by atoms with Gasteiger partial charge in [-0.15, -0.1) is 0 Å². The topological polar surface area (TPSA) is 57.7 Å². The number of nitrogens with zero attached hydrogens (tertiary/aromatic N) is 2. The average Bonchev–Trinajstić information content (AvgIpc) is 3.00. The zero-order valence-corrected chi connectivity index (χ0v) is 17.7. The van der Waals surface area contributed by atoms with E-state index in [1.54, 1.807) is 18.2 Å². The predicted octanol–water partition coefficient (Wildman–Crippen LogP) is 3.88. The number of amides is 1. The Hall–Kier alpha value is -2.25. The van der Waals surface area contributed by atoms with Gasteiger partial charge in [0.25, 0.3) is 5.91 Å². The molecule has 1 saturated heterocycles. The molecule has 156 valence electrons. The molecule has 1 aliphatic heterocycles. The molecule has 0 aromatic heterocycles. The van der Waals surface area contributed by atoms with E-state index in [1.807, 2.05) is 12.1 Å². The van der Waals surface area contributed by atoms with Gasteiger partial charge in [0.05, 0.1) is 10.5 Å². The summed E-state index contributed by atoms with van der Waals surface area (Å²) >= 11 is 0. The first-order valence-corrected chi connectivity index (χ1v) is 11.4. The second kappa shape index (κ2) is 9.05. The lowest BCUT2D eigenvalue weighted by Gasteiger charge is -2.22. The molecule has 0 N–H and O–H groups in total. The number of hydrogen-bond acceptors (Lipinski definition) is 3. The molecule has 0 spiro atoms. The summed E-state index contributed by atoms with van der Waals surface area (Å²) in [4.78, 5) is 14.4. The van der Waals surface area contributed by atoms with Crippen molar-refractivity contribution in [2.24, 2.45) is 0 Å². The van der Waals surface area contributed by atoms with E-state index in [9.17, 15) is 17.6 Å². The maximum atomic E-state index is 13.9. The summed E-state index contributed by atoms with van der Waals surface area (Å²) < 4.78 is 41.5. The van der Waals surface area contributed by atoms with Crippen LogP contribution < -0.4 is 0 Å². The van der Waals surface area contributed by atoms with Crippen molar-refractivity contribution in [3.05, 3.63) is 65.5 Å². The van der Waals surface area contributed by atoms with Gasteiger partial charge in [0.15, 0.2) is 0 Å². The zero-order chi connectivity index (χ0) is 21.0. The normalized spacial score (nSPS) is 17.0. The molecule has 0 radical (unpaired) electrons. The molecule has 1 amide bonds. The van der Waals surface area contributed by atoms with Crippen LogP contribution in [0.4, 0.5) is 4.39 Å². The van der Waals surface area contributed by atoms with Crippen molar-refractivity contribution >= 4 is 15.9 Å². The van der Waals surface area contributed by atoms with Gasteiger partial charge in [0.1, 0.15) is 5.82 Å². The van der Waals surface area contributed by atoms with Gasteiger partial charge in [-0.3, -0.25) is 4.79 Å². The number of rotatable bonds is 5. The van der Waals surface area contributed by atoms with Crippen LogP contribution in [0.2, 0.25) is 0 Å². The van der Waals surface area contributed by atoms with Gasteiger partial charge in [0, 0.05) is 26.2 Å². The lowest BCUT2D eigenvalue weighted by atomic mass is 9.99. The van der Waals surface area contributed by atoms with E-state index < -0.39 is 21.7 Å². The molecule has 5 nitrogen and oxygen atoms in total. The molecular formula is C22H27FN2O3S. The molecule has 2 aromatic carbocycles. The molecule has 0 saturated carbocycles. The van der Waals surface area contributed by atoms with Crippen molar-refractivity contribution in [1.29, 1.82) is 0 Å². The molecule has 0 aliphatic carbocycles. The average molecular weight is 419 g/mol. The fourth-order valence-electron chi connectivity index (χ4n) is 3.50. The van der Waals surface area contributed by atoms with Crippen molar-refractivity contribution in [3.8, 4) is 0 Å². The smallest absolute Gasteiger partial charge is 0.256 e. The van der Waals surface area contributed by atoms with Gasteiger partial charge in [-0.2, -0.15) is 4.31 Å². The summed E-state index contributed by atoms with van der Waals surface area (Å²) in [5.74, 6) is -0.587. The van der Waals surface area contributed by atoms with E-state index in [2.05, 4.69) is 13.8 Å². The third-order valence-corrected chi connectivity index (χ3v) is 7.46. The highest BCUT2D eigenvalue weighted by Gasteiger charge is 2.29. The van der Waals surface area contributed by atoms with Gasteiger partial charge in [-0.1, -0.05) is 38.1 Å². The van der Waals surface area contributed by atoms with Gasteiger partial charge in [0.2, 0.25) is 10.0 Å². The minimum atomic E-state index is -3.64. The lowest BCUT2D eigenvalue weighted by molar-refractivity contribution is 0.0759. The Kier molecular flexibility index (Phi) is 6.70. The van der Waals surface area contributed by atoms with E-state index in [0.717, 1.165) is 12.0 Å². The lowest BCUT2D eigenvalue weighted by Crippen LogP contribution is -2.37. The molecule has 1 fully saturated rings. The summed E-state index contributed by atoms with van der Waals surface area (Å²) in [5.41, 5.74) is 1.13. The third kappa shape index (κ3) is 4.67. The predicted molar refractivity (Wildman–Crippen MR) is 111 cm³/mol. The Bertz CT molecular complexity index is 960. The number of carbonyl (C=O) groups is 1. The van der Waals surface area contributed by atoms with Gasteiger partial charge in [-0.05, 0) is 48.6 Å². The number of carbonyl (C=O) groups excluding carboxylic acids is 1. The van der Waals surface area contributed by atoms with Crippen molar-refractivity contribution in [2.75, 3.05) is 26.2 Å². The monoisotopic (exact) mass is 418 g/mol. The first-order chi connectivity index (χ1) is 13.8. The Morgan fingerprint density at radius 3 is 2.38 bits per heavy atom. The number of benzene rings is 2. The molecule has 29 heavy (non-hydrogen) atoms. The van der Waals surface area contributed by atoms with E-state index in [-0.39, 0.29) is 23.5 Å². The number of sulfonamides is 1. The fourth-order valence-corrected chi connectivity index (χ4v) is 4.96. The van der Waals surface area contributed by atoms with Gasteiger partial charge >= 0.3 is 0 Å². The van der Waals surface area contributed by atoms with E-state index in [1.165, 1.54) is 27.4 Å². The summed E-state index contributed by atoms with van der Waals surface area (Å²) in [6, 6.07) is 12.9. The molecule has 1 atom stereocenters. The Balaban J connectivity index is 1.73. The van der Waals surface area contributed by atoms with Crippen LogP contribution in [-0.4, -0.2) is 49.7 Å². The summed E-state index contributed by atoms with van der Waals surface area (Å²) in [6.45, 7) is 5.36. The summed E-state index contributed by atoms with van der Waals surface area (Å²) in [7, 11) is -3.64. The van der Waals surface area contributed by atoms with Crippen LogP contribution >= 0.6 is 0 Å². The number of hydrogen-bond donors (Lipinski definition) is 0. The molecule has 1 unspecified atom stereocenters. The Morgan fingerprint density at radius 2 is 1.72 bits per heavy atom. The maximum Gasteiger partial charge on any atom is 0.256 e. The second-order valence-electron chi connectivity index (χ2n) is 7.41. The second-order valence-corrected chi connectivity index (χ2v) is 9.35. The van der Waals surface area contributed by atoms with Crippen molar-refractivity contribution in [3.63, 3.8) is 0 Å². The molecule has 0 bridgehead atoms. The standard InChI is InChI=1S/C22H27FN2O3S/c1-3-17(2)18-9-11-19(12-10-18)29(27,28)25-14-6-13-24(15-16-25)22(26)20-7-4-5-8-21(20)23/h4-5,7-12,17H,3,6,13-16H2,1-2H3. The SMILES string of the molecule is CCC(C)c1ccc(S(=O)(=O)N2CCCN(C(=O)c3ccccc3F)CC2)cc1. The van der Waals surface area contributed by atoms with Crippen LogP contribution in [0.25, 0.3) is 0 Å². The van der Waals surface area contributed by atoms with E-state index >= 15 is 0 Å². The Morgan fingerprint density at radius 1 is 1.03 bits per heavy atom.